The van der Waals surface area contributed by atoms with Gasteiger partial charge in [0.25, 0.3) is 11.8 Å². The van der Waals surface area contributed by atoms with Crippen LogP contribution in [0.4, 0.5) is 4.79 Å². The first-order valence-electron chi connectivity index (χ1n) is 7.49. The van der Waals surface area contributed by atoms with Gasteiger partial charge in [-0.25, -0.2) is 9.80 Å². The first-order valence-corrected chi connectivity index (χ1v) is 7.49. The zero-order valence-electron chi connectivity index (χ0n) is 13.5. The third-order valence-corrected chi connectivity index (χ3v) is 4.12. The highest BCUT2D eigenvalue weighted by Crippen LogP contribution is 2.30. The van der Waals surface area contributed by atoms with E-state index in [1.165, 1.54) is 0 Å². The van der Waals surface area contributed by atoms with E-state index in [2.05, 4.69) is 11.9 Å². The van der Waals surface area contributed by atoms with Crippen LogP contribution in [-0.4, -0.2) is 34.4 Å². The number of amides is 4. The number of hydrogen-bond donors (Lipinski definition) is 1. The molecular weight excluding hydrogens is 294 g/mol. The molecule has 1 aromatic carbocycles. The zero-order chi connectivity index (χ0) is 16.9. The topological polar surface area (TPSA) is 69.7 Å². The summed E-state index contributed by atoms with van der Waals surface area (Å²) in [7, 11) is 0. The SMILES string of the molecule is C=C1CCN(N2C(=O)c3ccc(C(C)(C)C)cc3C2=O)C(=O)N1. The summed E-state index contributed by atoms with van der Waals surface area (Å²) in [5.74, 6) is -0.924. The third kappa shape index (κ3) is 2.40. The Labute approximate surface area is 134 Å². The van der Waals surface area contributed by atoms with Crippen LogP contribution in [0.2, 0.25) is 0 Å². The molecule has 0 radical (unpaired) electrons. The average Bonchev–Trinajstić information content (AvgIpc) is 2.71. The number of hydrazine groups is 1. The van der Waals surface area contributed by atoms with Crippen molar-refractivity contribution in [3.05, 3.63) is 47.2 Å². The Morgan fingerprint density at radius 2 is 1.74 bits per heavy atom. The van der Waals surface area contributed by atoms with Gasteiger partial charge in [0.15, 0.2) is 0 Å². The summed E-state index contributed by atoms with van der Waals surface area (Å²) < 4.78 is 0. The van der Waals surface area contributed by atoms with E-state index in [1.54, 1.807) is 12.1 Å². The number of carbonyl (C=O) groups excluding carboxylic acids is 3. The molecule has 0 bridgehead atoms. The Kier molecular flexibility index (Phi) is 3.28. The minimum absolute atomic E-state index is 0.133. The van der Waals surface area contributed by atoms with Gasteiger partial charge in [-0.1, -0.05) is 33.4 Å². The Morgan fingerprint density at radius 3 is 2.35 bits per heavy atom. The number of nitrogens with one attached hydrogen (secondary N) is 1. The number of nitrogens with zero attached hydrogens (tertiary/aromatic N) is 2. The standard InChI is InChI=1S/C17H19N3O3/c1-10-7-8-19(16(23)18-10)20-14(21)12-6-5-11(17(2,3)4)9-13(12)15(20)22/h5-6,9H,1,7-8H2,2-4H3,(H,18,23). The molecule has 1 aromatic rings. The molecule has 0 aromatic heterocycles. The van der Waals surface area contributed by atoms with E-state index in [-0.39, 0.29) is 12.0 Å². The highest BCUT2D eigenvalue weighted by atomic mass is 16.2. The van der Waals surface area contributed by atoms with Crippen LogP contribution in [0.5, 0.6) is 0 Å². The number of rotatable bonds is 1. The van der Waals surface area contributed by atoms with Crippen molar-refractivity contribution in [3.8, 4) is 0 Å². The molecule has 0 saturated carbocycles. The Hall–Kier alpha value is -2.63. The molecule has 23 heavy (non-hydrogen) atoms. The van der Waals surface area contributed by atoms with Crippen LogP contribution < -0.4 is 5.32 Å². The lowest BCUT2D eigenvalue weighted by Crippen LogP contribution is -2.56. The van der Waals surface area contributed by atoms with Gasteiger partial charge in [-0.15, -0.1) is 0 Å². The molecule has 0 aliphatic carbocycles. The predicted molar refractivity (Wildman–Crippen MR) is 84.6 cm³/mol. The summed E-state index contributed by atoms with van der Waals surface area (Å²) in [5, 5.41) is 4.63. The maximum atomic E-state index is 12.7. The number of imide groups is 1. The molecule has 2 aliphatic rings. The predicted octanol–water partition coefficient (Wildman–Crippen LogP) is 2.42. The van der Waals surface area contributed by atoms with E-state index in [0.717, 1.165) is 15.6 Å². The first kappa shape index (κ1) is 15.3. The first-order chi connectivity index (χ1) is 10.7. The molecule has 6 heteroatoms. The molecule has 1 N–H and O–H groups in total. The second-order valence-electron chi connectivity index (χ2n) is 6.84. The second-order valence-corrected chi connectivity index (χ2v) is 6.84. The van der Waals surface area contributed by atoms with Crippen LogP contribution >= 0.6 is 0 Å². The molecule has 0 spiro atoms. The molecule has 4 amide bonds. The van der Waals surface area contributed by atoms with Crippen LogP contribution in [0.1, 0.15) is 53.5 Å². The smallest absolute Gasteiger partial charge is 0.311 e. The highest BCUT2D eigenvalue weighted by molar-refractivity contribution is 6.21. The van der Waals surface area contributed by atoms with Crippen molar-refractivity contribution in [3.63, 3.8) is 0 Å². The van der Waals surface area contributed by atoms with E-state index >= 15 is 0 Å². The van der Waals surface area contributed by atoms with Gasteiger partial charge < -0.3 is 5.32 Å². The quantitative estimate of drug-likeness (QED) is 0.810. The summed E-state index contributed by atoms with van der Waals surface area (Å²) in [6.45, 7) is 10.1. The molecule has 1 fully saturated rings. The third-order valence-electron chi connectivity index (χ3n) is 4.12. The molecule has 120 valence electrons. The largest absolute Gasteiger partial charge is 0.340 e. The molecular formula is C17H19N3O3. The fraction of sp³-hybridized carbons (Fsp3) is 0.353. The number of urea groups is 1. The Bertz CT molecular complexity index is 746. The minimum atomic E-state index is -0.508. The van der Waals surface area contributed by atoms with Gasteiger partial charge in [0.1, 0.15) is 0 Å². The normalized spacial score (nSPS) is 18.4. The van der Waals surface area contributed by atoms with Gasteiger partial charge in [0.2, 0.25) is 0 Å². The molecule has 6 nitrogen and oxygen atoms in total. The lowest BCUT2D eigenvalue weighted by Gasteiger charge is -2.33. The van der Waals surface area contributed by atoms with Crippen molar-refractivity contribution in [1.29, 1.82) is 0 Å². The fourth-order valence-electron chi connectivity index (χ4n) is 2.73. The van der Waals surface area contributed by atoms with Crippen LogP contribution in [0, 0.1) is 0 Å². The lowest BCUT2D eigenvalue weighted by atomic mass is 9.85. The van der Waals surface area contributed by atoms with Crippen molar-refractivity contribution in [1.82, 2.24) is 15.3 Å². The number of hydrogen-bond acceptors (Lipinski definition) is 3. The molecule has 2 aliphatic heterocycles. The van der Waals surface area contributed by atoms with Crippen LogP contribution in [-0.2, 0) is 5.41 Å². The average molecular weight is 313 g/mol. The van der Waals surface area contributed by atoms with Gasteiger partial charge >= 0.3 is 6.03 Å². The number of carbonyl (C=O) groups is 3. The van der Waals surface area contributed by atoms with Crippen molar-refractivity contribution in [2.45, 2.75) is 32.6 Å². The fourth-order valence-corrected chi connectivity index (χ4v) is 2.73. The minimum Gasteiger partial charge on any atom is -0.311 e. The molecule has 2 heterocycles. The Balaban J connectivity index is 1.98. The van der Waals surface area contributed by atoms with Crippen LogP contribution in [0.3, 0.4) is 0 Å². The number of fused-ring (bicyclic) bond motifs is 1. The van der Waals surface area contributed by atoms with Gasteiger partial charge in [-0.3, -0.25) is 9.59 Å². The van der Waals surface area contributed by atoms with Crippen molar-refractivity contribution < 1.29 is 14.4 Å². The van der Waals surface area contributed by atoms with Gasteiger partial charge in [-0.2, -0.15) is 5.01 Å². The summed E-state index contributed by atoms with van der Waals surface area (Å²) in [6, 6.07) is 4.76. The Morgan fingerprint density at radius 1 is 1.09 bits per heavy atom. The van der Waals surface area contributed by atoms with Crippen LogP contribution in [0.25, 0.3) is 0 Å². The maximum Gasteiger partial charge on any atom is 0.340 e. The van der Waals surface area contributed by atoms with Gasteiger partial charge in [-0.05, 0) is 23.1 Å². The summed E-state index contributed by atoms with van der Waals surface area (Å²) in [5.41, 5.74) is 2.10. The lowest BCUT2D eigenvalue weighted by molar-refractivity contribution is 0.0161. The van der Waals surface area contributed by atoms with E-state index in [0.29, 0.717) is 23.2 Å². The monoisotopic (exact) mass is 313 g/mol. The van der Waals surface area contributed by atoms with Crippen LogP contribution in [0.15, 0.2) is 30.5 Å². The molecule has 1 saturated heterocycles. The summed E-state index contributed by atoms with van der Waals surface area (Å²) in [4.78, 5) is 37.3. The summed E-state index contributed by atoms with van der Waals surface area (Å²) >= 11 is 0. The molecule has 0 unspecified atom stereocenters. The molecule has 0 atom stereocenters. The van der Waals surface area contributed by atoms with E-state index in [9.17, 15) is 14.4 Å². The summed E-state index contributed by atoms with van der Waals surface area (Å²) in [6.07, 6.45) is 0.492. The van der Waals surface area contributed by atoms with Crippen molar-refractivity contribution in [2.24, 2.45) is 0 Å². The second kappa shape index (κ2) is 4.94. The van der Waals surface area contributed by atoms with E-state index in [4.69, 9.17) is 0 Å². The van der Waals surface area contributed by atoms with E-state index in [1.807, 2.05) is 26.8 Å². The highest BCUT2D eigenvalue weighted by Gasteiger charge is 2.42. The van der Waals surface area contributed by atoms with Gasteiger partial charge in [0.05, 0.1) is 17.7 Å². The van der Waals surface area contributed by atoms with Gasteiger partial charge in [0, 0.05) is 12.1 Å². The maximum absolute atomic E-state index is 12.7. The zero-order valence-corrected chi connectivity index (χ0v) is 13.5. The molecule has 3 rings (SSSR count). The van der Waals surface area contributed by atoms with Crippen molar-refractivity contribution >= 4 is 17.8 Å². The number of benzene rings is 1. The van der Waals surface area contributed by atoms with Crippen molar-refractivity contribution in [2.75, 3.05) is 6.54 Å². The van der Waals surface area contributed by atoms with E-state index < -0.39 is 17.8 Å².